The number of nitrogens with zero attached hydrogens (tertiary/aromatic N) is 3. The van der Waals surface area contributed by atoms with Crippen molar-refractivity contribution in [2.24, 2.45) is 5.84 Å². The first-order chi connectivity index (χ1) is 9.60. The number of rotatable bonds is 6. The summed E-state index contributed by atoms with van der Waals surface area (Å²) in [6.45, 7) is 4.30. The molecule has 108 valence electrons. The Hall–Kier alpha value is -2.42. The van der Waals surface area contributed by atoms with Gasteiger partial charge < -0.3 is 10.6 Å². The molecule has 0 bridgehead atoms. The molecule has 0 fully saturated rings. The van der Waals surface area contributed by atoms with E-state index < -0.39 is 0 Å². The van der Waals surface area contributed by atoms with Crippen LogP contribution in [0.25, 0.3) is 11.0 Å². The highest BCUT2D eigenvalue weighted by Crippen LogP contribution is 2.19. The van der Waals surface area contributed by atoms with Gasteiger partial charge in [-0.1, -0.05) is 0 Å². The lowest BCUT2D eigenvalue weighted by Crippen LogP contribution is -2.31. The van der Waals surface area contributed by atoms with Crippen LogP contribution in [0.2, 0.25) is 0 Å². The second-order valence-electron chi connectivity index (χ2n) is 4.57. The molecule has 2 aromatic rings. The average Bonchev–Trinajstić information content (AvgIpc) is 2.85. The Kier molecular flexibility index (Phi) is 4.31. The number of H-pyrrole nitrogens is 1. The zero-order valence-corrected chi connectivity index (χ0v) is 11.4. The number of aromatic amines is 1. The predicted molar refractivity (Wildman–Crippen MR) is 75.9 cm³/mol. The fourth-order valence-electron chi connectivity index (χ4n) is 1.72. The summed E-state index contributed by atoms with van der Waals surface area (Å²) in [5, 5.41) is 13.3. The summed E-state index contributed by atoms with van der Waals surface area (Å²) in [6.07, 6.45) is 1.97. The smallest absolute Gasteiger partial charge is 0.241 e. The summed E-state index contributed by atoms with van der Waals surface area (Å²) in [5.74, 6) is 6.15. The van der Waals surface area contributed by atoms with Gasteiger partial charge in [-0.2, -0.15) is 15.1 Å². The molecule has 0 radical (unpaired) electrons. The van der Waals surface area contributed by atoms with Crippen molar-refractivity contribution in [1.29, 1.82) is 0 Å². The summed E-state index contributed by atoms with van der Waals surface area (Å²) in [4.78, 5) is 19.9. The fourth-order valence-corrected chi connectivity index (χ4v) is 1.72. The number of anilines is 2. The molecule has 0 spiro atoms. The molecule has 2 rings (SSSR count). The van der Waals surface area contributed by atoms with Crippen molar-refractivity contribution in [3.05, 3.63) is 6.20 Å². The van der Waals surface area contributed by atoms with Crippen molar-refractivity contribution in [2.45, 2.75) is 26.3 Å². The number of amides is 1. The van der Waals surface area contributed by atoms with Gasteiger partial charge in [0.1, 0.15) is 5.82 Å². The molecule has 9 nitrogen and oxygen atoms in total. The van der Waals surface area contributed by atoms with E-state index in [0.29, 0.717) is 24.4 Å². The van der Waals surface area contributed by atoms with E-state index in [2.05, 4.69) is 36.2 Å². The molecule has 2 aromatic heterocycles. The maximum absolute atomic E-state index is 11.5. The van der Waals surface area contributed by atoms with Crippen LogP contribution in [0.15, 0.2) is 6.20 Å². The Morgan fingerprint density at radius 3 is 2.95 bits per heavy atom. The zero-order valence-electron chi connectivity index (χ0n) is 11.4. The first kappa shape index (κ1) is 14.0. The number of carbonyl (C=O) groups excluding carboxylic acids is 1. The third-order valence-electron chi connectivity index (χ3n) is 2.53. The highest BCUT2D eigenvalue weighted by Gasteiger charge is 2.09. The molecule has 0 aliphatic heterocycles. The largest absolute Gasteiger partial charge is 0.369 e. The Labute approximate surface area is 115 Å². The van der Waals surface area contributed by atoms with Crippen molar-refractivity contribution in [3.8, 4) is 0 Å². The topological polar surface area (TPSA) is 134 Å². The number of hydrogen-bond donors (Lipinski definition) is 5. The maximum atomic E-state index is 11.5. The summed E-state index contributed by atoms with van der Waals surface area (Å²) in [7, 11) is 0. The number of fused-ring (bicyclic) bond motifs is 1. The van der Waals surface area contributed by atoms with Crippen molar-refractivity contribution in [2.75, 3.05) is 17.3 Å². The molecule has 0 saturated carbocycles. The first-order valence-electron chi connectivity index (χ1n) is 6.31. The van der Waals surface area contributed by atoms with Gasteiger partial charge in [0.25, 0.3) is 0 Å². The minimum absolute atomic E-state index is 0.0119. The standard InChI is InChI=1S/C11H18N8O/c1-6(2)15-8(20)3-4-13-9-7-5-14-19-10(7)17-11(16-9)18-12/h5-6H,3-4,12H2,1-2H3,(H,15,20)(H3,13,14,16,17,18,19). The molecule has 0 atom stereocenters. The van der Waals surface area contributed by atoms with Gasteiger partial charge in [0, 0.05) is 19.0 Å². The number of nitrogens with two attached hydrogens (primary N) is 1. The molecule has 2 heterocycles. The Morgan fingerprint density at radius 1 is 1.45 bits per heavy atom. The van der Waals surface area contributed by atoms with Crippen LogP contribution in [0.1, 0.15) is 20.3 Å². The number of hydrogen-bond acceptors (Lipinski definition) is 7. The second-order valence-corrected chi connectivity index (χ2v) is 4.57. The number of nitrogen functional groups attached to an aromatic ring is 1. The molecule has 0 aliphatic carbocycles. The van der Waals surface area contributed by atoms with Crippen LogP contribution >= 0.6 is 0 Å². The van der Waals surface area contributed by atoms with E-state index in [1.165, 1.54) is 0 Å². The van der Waals surface area contributed by atoms with Crippen LogP contribution in [-0.4, -0.2) is 38.7 Å². The second kappa shape index (κ2) is 6.15. The monoisotopic (exact) mass is 278 g/mol. The summed E-state index contributed by atoms with van der Waals surface area (Å²) in [5.41, 5.74) is 2.96. The normalized spacial score (nSPS) is 10.8. The molecule has 0 unspecified atom stereocenters. The van der Waals surface area contributed by atoms with Crippen LogP contribution in [0.3, 0.4) is 0 Å². The van der Waals surface area contributed by atoms with Crippen LogP contribution in [-0.2, 0) is 4.79 Å². The van der Waals surface area contributed by atoms with Gasteiger partial charge in [0.05, 0.1) is 11.6 Å². The van der Waals surface area contributed by atoms with Crippen molar-refractivity contribution in [3.63, 3.8) is 0 Å². The van der Waals surface area contributed by atoms with E-state index >= 15 is 0 Å². The number of nitrogens with one attached hydrogen (secondary N) is 4. The first-order valence-corrected chi connectivity index (χ1v) is 6.31. The van der Waals surface area contributed by atoms with Gasteiger partial charge in [0.2, 0.25) is 11.9 Å². The van der Waals surface area contributed by atoms with E-state index in [9.17, 15) is 4.79 Å². The quantitative estimate of drug-likeness (QED) is 0.370. The van der Waals surface area contributed by atoms with Crippen molar-refractivity contribution in [1.82, 2.24) is 25.5 Å². The van der Waals surface area contributed by atoms with Gasteiger partial charge >= 0.3 is 0 Å². The molecule has 9 heteroatoms. The lowest BCUT2D eigenvalue weighted by Gasteiger charge is -2.10. The third-order valence-corrected chi connectivity index (χ3v) is 2.53. The van der Waals surface area contributed by atoms with E-state index in [1.807, 2.05) is 13.8 Å². The lowest BCUT2D eigenvalue weighted by molar-refractivity contribution is -0.121. The molecule has 1 amide bonds. The molecule has 0 saturated heterocycles. The highest BCUT2D eigenvalue weighted by molar-refractivity contribution is 5.87. The Bertz CT molecular complexity index is 593. The van der Waals surface area contributed by atoms with Gasteiger partial charge in [-0.15, -0.1) is 0 Å². The van der Waals surface area contributed by atoms with E-state index in [4.69, 9.17) is 5.84 Å². The number of carbonyl (C=O) groups is 1. The summed E-state index contributed by atoms with van der Waals surface area (Å²) < 4.78 is 0. The summed E-state index contributed by atoms with van der Waals surface area (Å²) in [6, 6.07) is 0.134. The van der Waals surface area contributed by atoms with Crippen LogP contribution in [0.5, 0.6) is 0 Å². The van der Waals surface area contributed by atoms with Crippen LogP contribution in [0.4, 0.5) is 11.8 Å². The predicted octanol–water partition coefficient (Wildman–Crippen LogP) is -0.0349. The van der Waals surface area contributed by atoms with Gasteiger partial charge in [-0.05, 0) is 13.8 Å². The molecule has 0 aliphatic rings. The zero-order chi connectivity index (χ0) is 14.5. The summed E-state index contributed by atoms with van der Waals surface area (Å²) >= 11 is 0. The molecular weight excluding hydrogens is 260 g/mol. The van der Waals surface area contributed by atoms with Gasteiger partial charge in [-0.25, -0.2) is 5.84 Å². The minimum atomic E-state index is -0.0119. The Morgan fingerprint density at radius 2 is 2.25 bits per heavy atom. The minimum Gasteiger partial charge on any atom is -0.369 e. The van der Waals surface area contributed by atoms with Gasteiger partial charge in [-0.3, -0.25) is 15.3 Å². The average molecular weight is 278 g/mol. The van der Waals surface area contributed by atoms with Gasteiger partial charge in [0.15, 0.2) is 5.65 Å². The van der Waals surface area contributed by atoms with Crippen molar-refractivity contribution >= 4 is 28.7 Å². The number of hydrazine groups is 1. The lowest BCUT2D eigenvalue weighted by atomic mass is 10.3. The van der Waals surface area contributed by atoms with Crippen molar-refractivity contribution < 1.29 is 4.79 Å². The molecule has 6 N–H and O–H groups in total. The molecular formula is C11H18N8O. The van der Waals surface area contributed by atoms with E-state index in [0.717, 1.165) is 5.39 Å². The SMILES string of the molecule is CC(C)NC(=O)CCNc1nc(NN)nc2[nH]ncc12. The molecule has 0 aromatic carbocycles. The van der Waals surface area contributed by atoms with E-state index in [1.54, 1.807) is 6.20 Å². The third kappa shape index (κ3) is 3.32. The highest BCUT2D eigenvalue weighted by atomic mass is 16.1. The fraction of sp³-hybridized carbons (Fsp3) is 0.455. The molecule has 20 heavy (non-hydrogen) atoms. The van der Waals surface area contributed by atoms with E-state index in [-0.39, 0.29) is 17.9 Å². The maximum Gasteiger partial charge on any atom is 0.241 e. The van der Waals surface area contributed by atoms with Crippen LogP contribution in [0, 0.1) is 0 Å². The Balaban J connectivity index is 2.02. The number of aromatic nitrogens is 4. The van der Waals surface area contributed by atoms with Crippen LogP contribution < -0.4 is 21.9 Å².